The van der Waals surface area contributed by atoms with Crippen LogP contribution in [0.3, 0.4) is 0 Å². The zero-order chi connectivity index (χ0) is 14.8. The molecule has 0 aliphatic rings. The van der Waals surface area contributed by atoms with Gasteiger partial charge in [-0.15, -0.1) is 0 Å². The van der Waals surface area contributed by atoms with Gasteiger partial charge in [0.2, 0.25) is 0 Å². The molecule has 0 saturated carbocycles. The largest absolute Gasteiger partial charge is 0.493 e. The van der Waals surface area contributed by atoms with E-state index in [9.17, 15) is 4.79 Å². The normalized spacial score (nSPS) is 10.8. The molecule has 3 aromatic rings. The Balaban J connectivity index is 2.29. The Morgan fingerprint density at radius 2 is 2.00 bits per heavy atom. The second-order valence-corrected chi connectivity index (χ2v) is 4.99. The summed E-state index contributed by atoms with van der Waals surface area (Å²) in [5.41, 5.74) is 4.65. The summed E-state index contributed by atoms with van der Waals surface area (Å²) in [5.74, 6) is 0.808. The second kappa shape index (κ2) is 5.44. The van der Waals surface area contributed by atoms with Crippen molar-refractivity contribution in [2.75, 3.05) is 6.61 Å². The number of benzene rings is 1. The van der Waals surface area contributed by atoms with Crippen LogP contribution in [0.2, 0.25) is 0 Å². The van der Waals surface area contributed by atoms with Crippen molar-refractivity contribution in [2.24, 2.45) is 0 Å². The van der Waals surface area contributed by atoms with Gasteiger partial charge in [0.05, 0.1) is 12.3 Å². The third-order valence-electron chi connectivity index (χ3n) is 3.56. The molecule has 0 radical (unpaired) electrons. The van der Waals surface area contributed by atoms with Gasteiger partial charge < -0.3 is 9.14 Å². The Morgan fingerprint density at radius 3 is 2.76 bits per heavy atom. The van der Waals surface area contributed by atoms with E-state index >= 15 is 0 Å². The highest BCUT2D eigenvalue weighted by Gasteiger charge is 2.15. The van der Waals surface area contributed by atoms with Crippen LogP contribution >= 0.6 is 0 Å². The molecule has 106 valence electrons. The number of pyridine rings is 1. The highest BCUT2D eigenvalue weighted by Crippen LogP contribution is 2.34. The van der Waals surface area contributed by atoms with Crippen molar-refractivity contribution in [3.8, 4) is 16.9 Å². The molecule has 3 heteroatoms. The minimum absolute atomic E-state index is 0.597. The Hall–Kier alpha value is -2.55. The third kappa shape index (κ3) is 2.31. The van der Waals surface area contributed by atoms with E-state index in [4.69, 9.17) is 4.74 Å². The zero-order valence-corrected chi connectivity index (χ0v) is 12.2. The Morgan fingerprint density at radius 1 is 1.14 bits per heavy atom. The highest BCUT2D eigenvalue weighted by molar-refractivity contribution is 5.91. The first-order valence-corrected chi connectivity index (χ1v) is 7.03. The van der Waals surface area contributed by atoms with Gasteiger partial charge in [0.25, 0.3) is 0 Å². The minimum Gasteiger partial charge on any atom is -0.493 e. The molecule has 3 rings (SSSR count). The van der Waals surface area contributed by atoms with E-state index in [1.807, 2.05) is 60.8 Å². The molecule has 0 unspecified atom stereocenters. The molecule has 0 aliphatic heterocycles. The molecular formula is C18H17NO2. The van der Waals surface area contributed by atoms with Gasteiger partial charge in [-0.05, 0) is 44.2 Å². The number of carbonyl (C=O) groups excluding carboxylic acids is 1. The van der Waals surface area contributed by atoms with E-state index in [2.05, 4.69) is 6.07 Å². The van der Waals surface area contributed by atoms with Crippen LogP contribution in [0.4, 0.5) is 0 Å². The number of fused-ring (bicyclic) bond motifs is 1. The van der Waals surface area contributed by atoms with Crippen LogP contribution in [0.25, 0.3) is 16.6 Å². The first kappa shape index (κ1) is 13.4. The summed E-state index contributed by atoms with van der Waals surface area (Å²) in [6.07, 6.45) is 2.80. The number of nitrogens with zero attached hydrogens (tertiary/aromatic N) is 1. The molecule has 3 nitrogen and oxygen atoms in total. The zero-order valence-electron chi connectivity index (χ0n) is 12.2. The Bertz CT molecular complexity index is 802. The maximum atomic E-state index is 11.6. The molecule has 0 atom stereocenters. The van der Waals surface area contributed by atoms with E-state index in [0.717, 1.165) is 34.2 Å². The van der Waals surface area contributed by atoms with Crippen LogP contribution in [0.15, 0.2) is 48.7 Å². The molecular weight excluding hydrogens is 262 g/mol. The third-order valence-corrected chi connectivity index (χ3v) is 3.56. The fourth-order valence-corrected chi connectivity index (χ4v) is 2.62. The predicted molar refractivity (Wildman–Crippen MR) is 84.1 cm³/mol. The number of aldehydes is 1. The maximum absolute atomic E-state index is 11.6. The lowest BCUT2D eigenvalue weighted by molar-refractivity contribution is 0.111. The number of hydrogen-bond donors (Lipinski definition) is 0. The monoisotopic (exact) mass is 279 g/mol. The molecule has 0 aliphatic carbocycles. The van der Waals surface area contributed by atoms with Gasteiger partial charge in [-0.3, -0.25) is 4.79 Å². The van der Waals surface area contributed by atoms with Crippen LogP contribution < -0.4 is 4.74 Å². The number of hydrogen-bond acceptors (Lipinski definition) is 2. The van der Waals surface area contributed by atoms with Gasteiger partial charge in [-0.1, -0.05) is 17.7 Å². The maximum Gasteiger partial charge on any atom is 0.167 e. The average Bonchev–Trinajstić information content (AvgIpc) is 2.87. The fourth-order valence-electron chi connectivity index (χ4n) is 2.62. The lowest BCUT2D eigenvalue weighted by Crippen LogP contribution is -1.96. The summed E-state index contributed by atoms with van der Waals surface area (Å²) >= 11 is 0. The van der Waals surface area contributed by atoms with Crippen LogP contribution in [0, 0.1) is 6.92 Å². The molecule has 21 heavy (non-hydrogen) atoms. The lowest BCUT2D eigenvalue weighted by atomic mass is 10.0. The molecule has 0 N–H and O–H groups in total. The van der Waals surface area contributed by atoms with Crippen molar-refractivity contribution in [2.45, 2.75) is 13.8 Å². The topological polar surface area (TPSA) is 30.7 Å². The first-order chi connectivity index (χ1) is 10.2. The van der Waals surface area contributed by atoms with E-state index in [1.165, 1.54) is 0 Å². The number of aryl methyl sites for hydroxylation is 1. The van der Waals surface area contributed by atoms with Crippen LogP contribution in [0.5, 0.6) is 5.75 Å². The van der Waals surface area contributed by atoms with Crippen molar-refractivity contribution >= 4 is 11.8 Å². The van der Waals surface area contributed by atoms with Gasteiger partial charge in [0.15, 0.2) is 6.29 Å². The van der Waals surface area contributed by atoms with Crippen molar-refractivity contribution in [1.29, 1.82) is 0 Å². The lowest BCUT2D eigenvalue weighted by Gasteiger charge is -2.10. The standard InChI is InChI=1S/C18H17NO2/c1-3-21-18-8-7-13(2)10-16(18)15-11-14-6-4-5-9-19(14)17(15)12-20/h4-12H,3H2,1-2H3. The molecule has 0 bridgehead atoms. The average molecular weight is 279 g/mol. The molecule has 1 aromatic carbocycles. The first-order valence-electron chi connectivity index (χ1n) is 7.03. The SMILES string of the molecule is CCOc1ccc(C)cc1-c1cc2ccccn2c1C=O. The molecule has 0 saturated heterocycles. The minimum atomic E-state index is 0.597. The van der Waals surface area contributed by atoms with E-state index in [-0.39, 0.29) is 0 Å². The van der Waals surface area contributed by atoms with Gasteiger partial charge >= 0.3 is 0 Å². The van der Waals surface area contributed by atoms with Crippen molar-refractivity contribution in [3.05, 3.63) is 59.9 Å². The Kier molecular flexibility index (Phi) is 3.48. The van der Waals surface area contributed by atoms with Crippen molar-refractivity contribution in [1.82, 2.24) is 4.40 Å². The summed E-state index contributed by atoms with van der Waals surface area (Å²) in [6, 6.07) is 14.0. The van der Waals surface area contributed by atoms with Crippen molar-refractivity contribution < 1.29 is 9.53 Å². The molecule has 2 aromatic heterocycles. The van der Waals surface area contributed by atoms with E-state index in [0.29, 0.717) is 12.3 Å². The second-order valence-electron chi connectivity index (χ2n) is 4.99. The number of aromatic nitrogens is 1. The smallest absolute Gasteiger partial charge is 0.167 e. The van der Waals surface area contributed by atoms with Gasteiger partial charge in [-0.2, -0.15) is 0 Å². The Labute approximate surface area is 123 Å². The molecule has 0 fully saturated rings. The summed E-state index contributed by atoms with van der Waals surface area (Å²) in [7, 11) is 0. The van der Waals surface area contributed by atoms with Crippen LogP contribution in [-0.2, 0) is 0 Å². The number of ether oxygens (including phenoxy) is 1. The van der Waals surface area contributed by atoms with Gasteiger partial charge in [0, 0.05) is 22.8 Å². The van der Waals surface area contributed by atoms with E-state index < -0.39 is 0 Å². The quantitative estimate of drug-likeness (QED) is 0.672. The molecule has 0 amide bonds. The summed E-state index contributed by atoms with van der Waals surface area (Å²) in [4.78, 5) is 11.6. The summed E-state index contributed by atoms with van der Waals surface area (Å²) < 4.78 is 7.62. The fraction of sp³-hybridized carbons (Fsp3) is 0.167. The predicted octanol–water partition coefficient (Wildman–Crippen LogP) is 4.13. The van der Waals surface area contributed by atoms with Crippen LogP contribution in [0.1, 0.15) is 23.0 Å². The van der Waals surface area contributed by atoms with E-state index in [1.54, 1.807) is 0 Å². The highest BCUT2D eigenvalue weighted by atomic mass is 16.5. The number of carbonyl (C=O) groups is 1. The summed E-state index contributed by atoms with van der Waals surface area (Å²) in [5, 5.41) is 0. The van der Waals surface area contributed by atoms with Crippen molar-refractivity contribution in [3.63, 3.8) is 0 Å². The van der Waals surface area contributed by atoms with Crippen LogP contribution in [-0.4, -0.2) is 17.3 Å². The molecule has 0 spiro atoms. The van der Waals surface area contributed by atoms with Gasteiger partial charge in [-0.25, -0.2) is 0 Å². The molecule has 2 heterocycles. The number of rotatable bonds is 4. The summed E-state index contributed by atoms with van der Waals surface area (Å²) in [6.45, 7) is 4.59. The van der Waals surface area contributed by atoms with Gasteiger partial charge in [0.1, 0.15) is 5.75 Å².